The van der Waals surface area contributed by atoms with Crippen LogP contribution in [-0.2, 0) is 26.3 Å². The molecule has 1 aromatic heterocycles. The molecule has 0 aliphatic carbocycles. The molecule has 2 amide bonds. The number of hydrogen-bond donors (Lipinski definition) is 1. The summed E-state index contributed by atoms with van der Waals surface area (Å²) < 4.78 is 5.13. The number of rotatable bonds is 4. The first-order valence-corrected chi connectivity index (χ1v) is 10.9. The summed E-state index contributed by atoms with van der Waals surface area (Å²) in [6.07, 6.45) is 8.11. The van der Waals surface area contributed by atoms with Crippen LogP contribution in [-0.4, -0.2) is 89.5 Å². The highest BCUT2D eigenvalue weighted by Crippen LogP contribution is 2.42. The zero-order valence-electron chi connectivity index (χ0n) is 17.7. The second kappa shape index (κ2) is 8.44. The number of nitrogens with one attached hydrogen (secondary N) is 1. The molecule has 0 saturated carbocycles. The molecule has 1 N–H and O–H groups in total. The number of piperidine rings is 2. The van der Waals surface area contributed by atoms with Crippen LogP contribution in [0.2, 0.25) is 0 Å². The summed E-state index contributed by atoms with van der Waals surface area (Å²) in [5, 5.41) is 0. The third-order valence-corrected chi connectivity index (χ3v) is 7.11. The SMILES string of the molecule is COCC(=O)N1CCc2[nH]cnc2C12CCN(C(=O)C[C@H]1CCCCN1C)CC2. The van der Waals surface area contributed by atoms with Crippen molar-refractivity contribution in [3.8, 4) is 0 Å². The molecule has 2 fully saturated rings. The van der Waals surface area contributed by atoms with Crippen molar-refractivity contribution in [3.05, 3.63) is 17.7 Å². The quantitative estimate of drug-likeness (QED) is 0.815. The minimum absolute atomic E-state index is 0.00440. The Balaban J connectivity index is 1.47. The van der Waals surface area contributed by atoms with E-state index in [1.54, 1.807) is 13.4 Å². The summed E-state index contributed by atoms with van der Waals surface area (Å²) in [4.78, 5) is 39.9. The normalized spacial score (nSPS) is 24.6. The summed E-state index contributed by atoms with van der Waals surface area (Å²) in [7, 11) is 3.68. The lowest BCUT2D eigenvalue weighted by molar-refractivity contribution is -0.148. The fraction of sp³-hybridized carbons (Fsp3) is 0.762. The highest BCUT2D eigenvalue weighted by Gasteiger charge is 2.49. The molecule has 8 heteroatoms. The van der Waals surface area contributed by atoms with Crippen LogP contribution in [0.4, 0.5) is 0 Å². The Kier molecular flexibility index (Phi) is 5.92. The number of hydrogen-bond acceptors (Lipinski definition) is 5. The second-order valence-corrected chi connectivity index (χ2v) is 8.70. The molecule has 1 spiro atoms. The number of fused-ring (bicyclic) bond motifs is 2. The van der Waals surface area contributed by atoms with Crippen LogP contribution < -0.4 is 0 Å². The topological polar surface area (TPSA) is 81.8 Å². The van der Waals surface area contributed by atoms with Gasteiger partial charge in [-0.25, -0.2) is 4.98 Å². The van der Waals surface area contributed by atoms with Gasteiger partial charge in [0.25, 0.3) is 0 Å². The van der Waals surface area contributed by atoms with Gasteiger partial charge in [-0.05, 0) is 39.3 Å². The van der Waals surface area contributed by atoms with E-state index in [0.29, 0.717) is 32.1 Å². The van der Waals surface area contributed by atoms with E-state index >= 15 is 0 Å². The van der Waals surface area contributed by atoms with Crippen molar-refractivity contribution < 1.29 is 14.3 Å². The van der Waals surface area contributed by atoms with Crippen molar-refractivity contribution in [2.24, 2.45) is 0 Å². The lowest BCUT2D eigenvalue weighted by Crippen LogP contribution is -2.59. The summed E-state index contributed by atoms with van der Waals surface area (Å²) in [5.41, 5.74) is 1.67. The number of carbonyl (C=O) groups excluding carboxylic acids is 2. The summed E-state index contributed by atoms with van der Waals surface area (Å²) in [6, 6.07) is 0.361. The Morgan fingerprint density at radius 2 is 2.00 bits per heavy atom. The number of ether oxygens (including phenoxy) is 1. The Bertz CT molecular complexity index is 740. The molecule has 4 rings (SSSR count). The number of nitrogens with zero attached hydrogens (tertiary/aromatic N) is 4. The van der Waals surface area contributed by atoms with E-state index in [1.165, 1.54) is 12.8 Å². The van der Waals surface area contributed by atoms with Crippen molar-refractivity contribution >= 4 is 11.8 Å². The number of aromatic amines is 1. The molecule has 3 aliphatic rings. The third-order valence-electron chi connectivity index (χ3n) is 7.11. The molecule has 160 valence electrons. The van der Waals surface area contributed by atoms with E-state index in [9.17, 15) is 9.59 Å². The minimum atomic E-state index is -0.429. The fourth-order valence-corrected chi connectivity index (χ4v) is 5.41. The van der Waals surface area contributed by atoms with E-state index < -0.39 is 5.54 Å². The average Bonchev–Trinajstić information content (AvgIpc) is 3.21. The molecule has 2 saturated heterocycles. The largest absolute Gasteiger partial charge is 0.375 e. The molecule has 29 heavy (non-hydrogen) atoms. The van der Waals surface area contributed by atoms with Gasteiger partial charge in [0.1, 0.15) is 6.61 Å². The van der Waals surface area contributed by atoms with Gasteiger partial charge in [0.15, 0.2) is 0 Å². The first-order valence-electron chi connectivity index (χ1n) is 10.9. The van der Waals surface area contributed by atoms with Gasteiger partial charge in [0.05, 0.1) is 17.6 Å². The van der Waals surface area contributed by atoms with Crippen LogP contribution in [0.1, 0.15) is 49.9 Å². The third kappa shape index (κ3) is 3.80. The smallest absolute Gasteiger partial charge is 0.249 e. The fourth-order valence-electron chi connectivity index (χ4n) is 5.41. The molecule has 3 aliphatic heterocycles. The van der Waals surface area contributed by atoms with Gasteiger partial charge in [-0.3, -0.25) is 9.59 Å². The van der Waals surface area contributed by atoms with E-state index in [0.717, 1.165) is 43.6 Å². The molecular weight excluding hydrogens is 370 g/mol. The Morgan fingerprint density at radius 1 is 1.21 bits per heavy atom. The number of amides is 2. The molecule has 4 heterocycles. The lowest BCUT2D eigenvalue weighted by atomic mass is 9.78. The highest BCUT2D eigenvalue weighted by molar-refractivity contribution is 5.79. The van der Waals surface area contributed by atoms with Gasteiger partial charge in [0, 0.05) is 51.3 Å². The zero-order chi connectivity index (χ0) is 20.4. The van der Waals surface area contributed by atoms with E-state index in [2.05, 4.69) is 21.9 Å². The van der Waals surface area contributed by atoms with Crippen LogP contribution in [0.25, 0.3) is 0 Å². The first-order chi connectivity index (χ1) is 14.0. The predicted molar refractivity (Wildman–Crippen MR) is 108 cm³/mol. The number of carbonyl (C=O) groups is 2. The van der Waals surface area contributed by atoms with Gasteiger partial charge in [-0.1, -0.05) is 6.42 Å². The van der Waals surface area contributed by atoms with Gasteiger partial charge in [0.2, 0.25) is 11.8 Å². The number of aromatic nitrogens is 2. The zero-order valence-corrected chi connectivity index (χ0v) is 17.7. The number of likely N-dealkylation sites (tertiary alicyclic amines) is 2. The van der Waals surface area contributed by atoms with Crippen molar-refractivity contribution in [1.29, 1.82) is 0 Å². The van der Waals surface area contributed by atoms with E-state index in [-0.39, 0.29) is 18.4 Å². The van der Waals surface area contributed by atoms with Crippen molar-refractivity contribution in [2.75, 3.05) is 46.9 Å². The van der Waals surface area contributed by atoms with Crippen molar-refractivity contribution in [1.82, 2.24) is 24.7 Å². The maximum Gasteiger partial charge on any atom is 0.249 e. The van der Waals surface area contributed by atoms with Crippen molar-refractivity contribution in [2.45, 2.75) is 56.5 Å². The van der Waals surface area contributed by atoms with Crippen LogP contribution in [0.3, 0.4) is 0 Å². The van der Waals surface area contributed by atoms with Crippen LogP contribution in [0.15, 0.2) is 6.33 Å². The van der Waals surface area contributed by atoms with Gasteiger partial charge in [-0.2, -0.15) is 0 Å². The molecule has 1 aromatic rings. The van der Waals surface area contributed by atoms with Gasteiger partial charge >= 0.3 is 0 Å². The molecule has 8 nitrogen and oxygen atoms in total. The molecule has 0 unspecified atom stereocenters. The first kappa shape index (κ1) is 20.3. The monoisotopic (exact) mass is 403 g/mol. The number of methoxy groups -OCH3 is 1. The van der Waals surface area contributed by atoms with Crippen LogP contribution >= 0.6 is 0 Å². The van der Waals surface area contributed by atoms with E-state index in [1.807, 2.05) is 9.80 Å². The molecule has 0 aromatic carbocycles. The Labute approximate surface area is 172 Å². The molecule has 0 bridgehead atoms. The number of imidazole rings is 1. The minimum Gasteiger partial charge on any atom is -0.375 e. The van der Waals surface area contributed by atoms with Crippen LogP contribution in [0.5, 0.6) is 0 Å². The lowest BCUT2D eigenvalue weighted by Gasteiger charge is -2.50. The Hall–Kier alpha value is -1.93. The predicted octanol–water partition coefficient (Wildman–Crippen LogP) is 1.13. The Morgan fingerprint density at radius 3 is 2.72 bits per heavy atom. The maximum absolute atomic E-state index is 13.0. The molecule has 0 radical (unpaired) electrons. The van der Waals surface area contributed by atoms with Gasteiger partial charge in [-0.15, -0.1) is 0 Å². The maximum atomic E-state index is 13.0. The van der Waals surface area contributed by atoms with Gasteiger partial charge < -0.3 is 24.4 Å². The molecular formula is C21H33N5O3. The number of H-pyrrole nitrogens is 1. The highest BCUT2D eigenvalue weighted by atomic mass is 16.5. The molecule has 1 atom stereocenters. The van der Waals surface area contributed by atoms with Crippen molar-refractivity contribution in [3.63, 3.8) is 0 Å². The average molecular weight is 404 g/mol. The second-order valence-electron chi connectivity index (χ2n) is 8.70. The van der Waals surface area contributed by atoms with E-state index in [4.69, 9.17) is 4.74 Å². The summed E-state index contributed by atoms with van der Waals surface area (Å²) in [6.45, 7) is 3.16. The summed E-state index contributed by atoms with van der Waals surface area (Å²) >= 11 is 0. The van der Waals surface area contributed by atoms with Crippen LogP contribution in [0, 0.1) is 0 Å². The standard InChI is InChI=1S/C21H33N5O3/c1-24-9-4-3-5-16(24)13-18(27)25-11-7-21(8-12-25)20-17(22-15-23-20)6-10-26(21)19(28)14-29-2/h15-16H,3-14H2,1-2H3,(H,22,23)/t16-/m1/s1. The summed E-state index contributed by atoms with van der Waals surface area (Å²) in [5.74, 6) is 0.246.